The Balaban J connectivity index is 2.58. The summed E-state index contributed by atoms with van der Waals surface area (Å²) in [5.41, 5.74) is 0.00516. The number of benzene rings is 1. The van der Waals surface area contributed by atoms with Crippen molar-refractivity contribution < 1.29 is 19.4 Å². The Kier molecular flexibility index (Phi) is 5.80. The molecule has 1 aromatic carbocycles. The second-order valence-electron chi connectivity index (χ2n) is 3.32. The molecule has 5 heteroatoms. The summed E-state index contributed by atoms with van der Waals surface area (Å²) in [6.07, 6.45) is 0.708. The highest BCUT2D eigenvalue weighted by atomic mass is 35.5. The van der Waals surface area contributed by atoms with Gasteiger partial charge < -0.3 is 14.6 Å². The van der Waals surface area contributed by atoms with Crippen molar-refractivity contribution in [3.63, 3.8) is 0 Å². The first kappa shape index (κ1) is 13.8. The fraction of sp³-hybridized carbons (Fsp3) is 0.417. The fourth-order valence-corrected chi connectivity index (χ4v) is 1.57. The number of rotatable bonds is 7. The van der Waals surface area contributed by atoms with Crippen LogP contribution in [0.25, 0.3) is 0 Å². The molecule has 0 aromatic heterocycles. The van der Waals surface area contributed by atoms with Crippen LogP contribution in [0.5, 0.6) is 5.75 Å². The van der Waals surface area contributed by atoms with Crippen molar-refractivity contribution in [3.8, 4) is 5.75 Å². The lowest BCUT2D eigenvalue weighted by atomic mass is 10.2. The average Bonchev–Trinajstić information content (AvgIpc) is 2.28. The van der Waals surface area contributed by atoms with Gasteiger partial charge in [-0.1, -0.05) is 17.7 Å². The highest BCUT2D eigenvalue weighted by molar-refractivity contribution is 6.33. The van der Waals surface area contributed by atoms with E-state index in [-0.39, 0.29) is 10.6 Å². The maximum Gasteiger partial charge on any atom is 0.341 e. The van der Waals surface area contributed by atoms with Crippen LogP contribution in [-0.2, 0) is 4.74 Å². The molecule has 0 heterocycles. The Morgan fingerprint density at radius 2 is 2.18 bits per heavy atom. The van der Waals surface area contributed by atoms with Crippen LogP contribution in [0.2, 0.25) is 5.02 Å². The number of ether oxygens (including phenoxy) is 2. The second-order valence-corrected chi connectivity index (χ2v) is 3.72. The molecule has 0 aliphatic rings. The molecule has 0 fully saturated rings. The van der Waals surface area contributed by atoms with Gasteiger partial charge in [-0.25, -0.2) is 4.79 Å². The van der Waals surface area contributed by atoms with Gasteiger partial charge in [0.1, 0.15) is 11.3 Å². The zero-order chi connectivity index (χ0) is 12.7. The van der Waals surface area contributed by atoms with Gasteiger partial charge in [0.05, 0.1) is 11.6 Å². The first-order valence-electron chi connectivity index (χ1n) is 5.39. The van der Waals surface area contributed by atoms with E-state index in [0.29, 0.717) is 32.0 Å². The Morgan fingerprint density at radius 1 is 1.41 bits per heavy atom. The van der Waals surface area contributed by atoms with Crippen LogP contribution in [0, 0.1) is 0 Å². The van der Waals surface area contributed by atoms with Gasteiger partial charge in [-0.05, 0) is 19.1 Å². The predicted molar refractivity (Wildman–Crippen MR) is 65.0 cm³/mol. The standard InChI is InChI=1S/C12H15ClO4/c1-2-16-7-4-8-17-10-6-3-5-9(13)11(10)12(14)15/h3,5-6H,2,4,7-8H2,1H3,(H,14,15). The Morgan fingerprint density at radius 3 is 2.82 bits per heavy atom. The maximum absolute atomic E-state index is 11.0. The van der Waals surface area contributed by atoms with Gasteiger partial charge >= 0.3 is 5.97 Å². The van der Waals surface area contributed by atoms with Crippen molar-refractivity contribution in [2.45, 2.75) is 13.3 Å². The number of hydrogen-bond donors (Lipinski definition) is 1. The van der Waals surface area contributed by atoms with Crippen LogP contribution in [0.4, 0.5) is 0 Å². The van der Waals surface area contributed by atoms with Gasteiger partial charge in [-0.3, -0.25) is 0 Å². The lowest BCUT2D eigenvalue weighted by Gasteiger charge is -2.10. The summed E-state index contributed by atoms with van der Waals surface area (Å²) >= 11 is 5.80. The number of halogens is 1. The smallest absolute Gasteiger partial charge is 0.341 e. The Labute approximate surface area is 105 Å². The van der Waals surface area contributed by atoms with E-state index in [2.05, 4.69) is 0 Å². The van der Waals surface area contributed by atoms with Crippen molar-refractivity contribution >= 4 is 17.6 Å². The minimum absolute atomic E-state index is 0.00516. The molecule has 0 aliphatic carbocycles. The molecule has 0 aliphatic heterocycles. The fourth-order valence-electron chi connectivity index (χ4n) is 1.32. The second kappa shape index (κ2) is 7.14. The number of carboxylic acid groups (broad SMARTS) is 1. The number of hydrogen-bond acceptors (Lipinski definition) is 3. The Bertz CT molecular complexity index is 379. The quantitative estimate of drug-likeness (QED) is 0.764. The van der Waals surface area contributed by atoms with E-state index >= 15 is 0 Å². The maximum atomic E-state index is 11.0. The molecule has 0 spiro atoms. The normalized spacial score (nSPS) is 10.2. The molecule has 94 valence electrons. The van der Waals surface area contributed by atoms with Crippen LogP contribution in [0.15, 0.2) is 18.2 Å². The lowest BCUT2D eigenvalue weighted by molar-refractivity contribution is 0.0691. The summed E-state index contributed by atoms with van der Waals surface area (Å²) < 4.78 is 10.5. The molecule has 0 radical (unpaired) electrons. The van der Waals surface area contributed by atoms with Crippen LogP contribution < -0.4 is 4.74 Å². The third-order valence-electron chi connectivity index (χ3n) is 2.08. The summed E-state index contributed by atoms with van der Waals surface area (Å²) in [7, 11) is 0. The number of carboxylic acids is 1. The molecule has 1 rings (SSSR count). The van der Waals surface area contributed by atoms with E-state index in [1.807, 2.05) is 6.92 Å². The van der Waals surface area contributed by atoms with Gasteiger partial charge in [-0.15, -0.1) is 0 Å². The first-order chi connectivity index (χ1) is 8.16. The highest BCUT2D eigenvalue weighted by Crippen LogP contribution is 2.26. The zero-order valence-electron chi connectivity index (χ0n) is 9.61. The van der Waals surface area contributed by atoms with E-state index in [1.54, 1.807) is 12.1 Å². The van der Waals surface area contributed by atoms with E-state index in [9.17, 15) is 4.79 Å². The van der Waals surface area contributed by atoms with Crippen LogP contribution in [0.3, 0.4) is 0 Å². The van der Waals surface area contributed by atoms with Gasteiger partial charge in [0.25, 0.3) is 0 Å². The van der Waals surface area contributed by atoms with E-state index in [4.69, 9.17) is 26.2 Å². The van der Waals surface area contributed by atoms with E-state index in [1.165, 1.54) is 6.07 Å². The van der Waals surface area contributed by atoms with Crippen molar-refractivity contribution in [3.05, 3.63) is 28.8 Å². The van der Waals surface area contributed by atoms with Crippen molar-refractivity contribution in [2.75, 3.05) is 19.8 Å². The third kappa shape index (κ3) is 4.24. The van der Waals surface area contributed by atoms with Crippen molar-refractivity contribution in [1.82, 2.24) is 0 Å². The van der Waals surface area contributed by atoms with Gasteiger partial charge in [0.15, 0.2) is 0 Å². The third-order valence-corrected chi connectivity index (χ3v) is 2.40. The van der Waals surface area contributed by atoms with Crippen LogP contribution in [-0.4, -0.2) is 30.9 Å². The largest absolute Gasteiger partial charge is 0.493 e. The summed E-state index contributed by atoms with van der Waals surface area (Å²) in [4.78, 5) is 11.0. The molecular formula is C12H15ClO4. The first-order valence-corrected chi connectivity index (χ1v) is 5.77. The molecule has 0 atom stereocenters. The van der Waals surface area contributed by atoms with Crippen molar-refractivity contribution in [2.24, 2.45) is 0 Å². The Hall–Kier alpha value is -1.26. The van der Waals surface area contributed by atoms with Gasteiger partial charge in [0.2, 0.25) is 0 Å². The van der Waals surface area contributed by atoms with Gasteiger partial charge in [0, 0.05) is 19.6 Å². The van der Waals surface area contributed by atoms with Crippen molar-refractivity contribution in [1.29, 1.82) is 0 Å². The van der Waals surface area contributed by atoms with Crippen LogP contribution in [0.1, 0.15) is 23.7 Å². The minimum Gasteiger partial charge on any atom is -0.493 e. The number of carbonyl (C=O) groups is 1. The highest BCUT2D eigenvalue weighted by Gasteiger charge is 2.15. The zero-order valence-corrected chi connectivity index (χ0v) is 10.4. The average molecular weight is 259 g/mol. The molecule has 0 unspecified atom stereocenters. The molecule has 1 aromatic rings. The summed E-state index contributed by atoms with van der Waals surface area (Å²) in [6, 6.07) is 4.78. The lowest BCUT2D eigenvalue weighted by Crippen LogP contribution is -2.07. The predicted octanol–water partition coefficient (Wildman–Crippen LogP) is 2.84. The molecule has 0 saturated heterocycles. The summed E-state index contributed by atoms with van der Waals surface area (Å²) in [6.45, 7) is 3.58. The molecule has 4 nitrogen and oxygen atoms in total. The van der Waals surface area contributed by atoms with Gasteiger partial charge in [-0.2, -0.15) is 0 Å². The molecule has 17 heavy (non-hydrogen) atoms. The molecule has 0 saturated carbocycles. The van der Waals surface area contributed by atoms with E-state index < -0.39 is 5.97 Å². The summed E-state index contributed by atoms with van der Waals surface area (Å²) in [5.74, 6) is -0.795. The van der Waals surface area contributed by atoms with Crippen LogP contribution >= 0.6 is 11.6 Å². The molecule has 0 bridgehead atoms. The topological polar surface area (TPSA) is 55.8 Å². The minimum atomic E-state index is -1.09. The molecular weight excluding hydrogens is 244 g/mol. The molecule has 0 amide bonds. The SMILES string of the molecule is CCOCCCOc1cccc(Cl)c1C(=O)O. The monoisotopic (exact) mass is 258 g/mol. The number of aromatic carboxylic acids is 1. The molecule has 1 N–H and O–H groups in total. The summed E-state index contributed by atoms with van der Waals surface area (Å²) in [5, 5.41) is 9.18. The van der Waals surface area contributed by atoms with E-state index in [0.717, 1.165) is 0 Å².